The van der Waals surface area contributed by atoms with Gasteiger partial charge in [0.2, 0.25) is 0 Å². The summed E-state index contributed by atoms with van der Waals surface area (Å²) in [5.74, 6) is 0.765. The van der Waals surface area contributed by atoms with Gasteiger partial charge < -0.3 is 9.64 Å². The normalized spacial score (nSPS) is 17.2. The second kappa shape index (κ2) is 6.43. The molecule has 1 aliphatic heterocycles. The van der Waals surface area contributed by atoms with Gasteiger partial charge in [-0.25, -0.2) is 9.97 Å². The fourth-order valence-electron chi connectivity index (χ4n) is 2.02. The zero-order valence-corrected chi connectivity index (χ0v) is 9.64. The van der Waals surface area contributed by atoms with Crippen LogP contribution in [0.15, 0.2) is 18.7 Å². The van der Waals surface area contributed by atoms with Gasteiger partial charge in [0.15, 0.2) is 5.75 Å². The Morgan fingerprint density at radius 1 is 1.12 bits per heavy atom. The van der Waals surface area contributed by atoms with E-state index in [1.807, 2.05) is 0 Å². The van der Waals surface area contributed by atoms with Crippen LogP contribution in [0, 0.1) is 0 Å². The summed E-state index contributed by atoms with van der Waals surface area (Å²) in [6, 6.07) is 0. The average molecular weight is 221 g/mol. The van der Waals surface area contributed by atoms with Gasteiger partial charge in [0.05, 0.1) is 19.0 Å². The van der Waals surface area contributed by atoms with Crippen LogP contribution < -0.4 is 4.74 Å². The van der Waals surface area contributed by atoms with E-state index in [-0.39, 0.29) is 0 Å². The van der Waals surface area contributed by atoms with Crippen molar-refractivity contribution in [2.75, 3.05) is 26.2 Å². The van der Waals surface area contributed by atoms with Crippen LogP contribution in [0.25, 0.3) is 0 Å². The third-order valence-corrected chi connectivity index (χ3v) is 2.87. The van der Waals surface area contributed by atoms with E-state index in [0.29, 0.717) is 0 Å². The molecule has 0 bridgehead atoms. The summed E-state index contributed by atoms with van der Waals surface area (Å²) in [6.07, 6.45) is 10.1. The molecule has 16 heavy (non-hydrogen) atoms. The van der Waals surface area contributed by atoms with Gasteiger partial charge in [0, 0.05) is 6.54 Å². The average Bonchev–Trinajstić information content (AvgIpc) is 2.37. The highest BCUT2D eigenvalue weighted by molar-refractivity contribution is 5.09. The standard InChI is InChI=1S/C12H19N3O/c1-2-5-15(6-3-1)7-4-8-16-12-9-13-11-14-10-12/h9-11H,1-8H2. The van der Waals surface area contributed by atoms with Crippen LogP contribution in [0.1, 0.15) is 25.7 Å². The molecule has 0 radical (unpaired) electrons. The van der Waals surface area contributed by atoms with Crippen molar-refractivity contribution in [3.05, 3.63) is 18.7 Å². The number of ether oxygens (including phenoxy) is 1. The summed E-state index contributed by atoms with van der Waals surface area (Å²) in [7, 11) is 0. The summed E-state index contributed by atoms with van der Waals surface area (Å²) >= 11 is 0. The molecule has 1 fully saturated rings. The Kier molecular flexibility index (Phi) is 4.55. The second-order valence-corrected chi connectivity index (χ2v) is 4.18. The molecular weight excluding hydrogens is 202 g/mol. The van der Waals surface area contributed by atoms with Crippen molar-refractivity contribution in [2.24, 2.45) is 0 Å². The number of piperidine rings is 1. The van der Waals surface area contributed by atoms with Crippen LogP contribution in [-0.4, -0.2) is 41.1 Å². The highest BCUT2D eigenvalue weighted by Gasteiger charge is 2.08. The first-order valence-electron chi connectivity index (χ1n) is 6.05. The molecule has 2 rings (SSSR count). The van der Waals surface area contributed by atoms with E-state index in [2.05, 4.69) is 14.9 Å². The third-order valence-electron chi connectivity index (χ3n) is 2.87. The molecule has 0 atom stereocenters. The van der Waals surface area contributed by atoms with Crippen LogP contribution in [0.4, 0.5) is 0 Å². The van der Waals surface area contributed by atoms with Crippen molar-refractivity contribution < 1.29 is 4.74 Å². The van der Waals surface area contributed by atoms with E-state index in [4.69, 9.17) is 4.74 Å². The quantitative estimate of drug-likeness (QED) is 0.710. The number of rotatable bonds is 5. The highest BCUT2D eigenvalue weighted by atomic mass is 16.5. The Balaban J connectivity index is 1.58. The Morgan fingerprint density at radius 3 is 2.62 bits per heavy atom. The topological polar surface area (TPSA) is 38.2 Å². The molecule has 1 aromatic heterocycles. The van der Waals surface area contributed by atoms with E-state index >= 15 is 0 Å². The largest absolute Gasteiger partial charge is 0.490 e. The molecule has 0 N–H and O–H groups in total. The van der Waals surface area contributed by atoms with Crippen LogP contribution in [0.3, 0.4) is 0 Å². The number of hydrogen-bond donors (Lipinski definition) is 0. The maximum atomic E-state index is 5.55. The van der Waals surface area contributed by atoms with Crippen LogP contribution in [-0.2, 0) is 0 Å². The van der Waals surface area contributed by atoms with E-state index in [0.717, 1.165) is 25.3 Å². The SMILES string of the molecule is c1ncc(OCCCN2CCCCC2)cn1. The molecule has 1 saturated heterocycles. The Hall–Kier alpha value is -1.16. The lowest BCUT2D eigenvalue weighted by molar-refractivity contribution is 0.204. The second-order valence-electron chi connectivity index (χ2n) is 4.18. The van der Waals surface area contributed by atoms with E-state index in [1.165, 1.54) is 38.7 Å². The molecule has 88 valence electrons. The molecule has 0 aliphatic carbocycles. The van der Waals surface area contributed by atoms with Gasteiger partial charge in [-0.1, -0.05) is 6.42 Å². The van der Waals surface area contributed by atoms with Crippen molar-refractivity contribution >= 4 is 0 Å². The molecule has 0 aromatic carbocycles. The molecule has 1 aromatic rings. The molecule has 0 amide bonds. The number of hydrogen-bond acceptors (Lipinski definition) is 4. The van der Waals surface area contributed by atoms with Crippen molar-refractivity contribution in [1.82, 2.24) is 14.9 Å². The summed E-state index contributed by atoms with van der Waals surface area (Å²) in [4.78, 5) is 10.3. The molecular formula is C12H19N3O. The lowest BCUT2D eigenvalue weighted by atomic mass is 10.1. The minimum Gasteiger partial charge on any atom is -0.490 e. The van der Waals surface area contributed by atoms with Gasteiger partial charge in [-0.15, -0.1) is 0 Å². The summed E-state index contributed by atoms with van der Waals surface area (Å²) < 4.78 is 5.55. The lowest BCUT2D eigenvalue weighted by Crippen LogP contribution is -2.31. The van der Waals surface area contributed by atoms with Crippen molar-refractivity contribution in [1.29, 1.82) is 0 Å². The maximum absolute atomic E-state index is 5.55. The zero-order chi connectivity index (χ0) is 11.1. The summed E-state index contributed by atoms with van der Waals surface area (Å²) in [5.41, 5.74) is 0. The molecule has 0 unspecified atom stereocenters. The summed E-state index contributed by atoms with van der Waals surface area (Å²) in [6.45, 7) is 4.42. The van der Waals surface area contributed by atoms with E-state index in [9.17, 15) is 0 Å². The Labute approximate surface area is 96.7 Å². The fraction of sp³-hybridized carbons (Fsp3) is 0.667. The fourth-order valence-corrected chi connectivity index (χ4v) is 2.02. The maximum Gasteiger partial charge on any atom is 0.155 e. The first kappa shape index (κ1) is 11.3. The van der Waals surface area contributed by atoms with Gasteiger partial charge in [-0.05, 0) is 32.4 Å². The minimum absolute atomic E-state index is 0.754. The lowest BCUT2D eigenvalue weighted by Gasteiger charge is -2.26. The molecule has 0 saturated carbocycles. The van der Waals surface area contributed by atoms with Gasteiger partial charge in [-0.2, -0.15) is 0 Å². The van der Waals surface area contributed by atoms with Crippen molar-refractivity contribution in [3.63, 3.8) is 0 Å². The molecule has 2 heterocycles. The third kappa shape index (κ3) is 3.77. The first-order chi connectivity index (χ1) is 7.95. The van der Waals surface area contributed by atoms with Crippen LogP contribution >= 0.6 is 0 Å². The Morgan fingerprint density at radius 2 is 1.88 bits per heavy atom. The zero-order valence-electron chi connectivity index (χ0n) is 9.64. The molecule has 0 spiro atoms. The van der Waals surface area contributed by atoms with Crippen LogP contribution in [0.5, 0.6) is 5.75 Å². The van der Waals surface area contributed by atoms with Crippen molar-refractivity contribution in [2.45, 2.75) is 25.7 Å². The number of likely N-dealkylation sites (tertiary alicyclic amines) is 1. The summed E-state index contributed by atoms with van der Waals surface area (Å²) in [5, 5.41) is 0. The first-order valence-corrected chi connectivity index (χ1v) is 6.05. The van der Waals surface area contributed by atoms with E-state index < -0.39 is 0 Å². The van der Waals surface area contributed by atoms with Gasteiger partial charge in [0.1, 0.15) is 6.33 Å². The molecule has 4 heteroatoms. The van der Waals surface area contributed by atoms with Gasteiger partial charge in [0.25, 0.3) is 0 Å². The van der Waals surface area contributed by atoms with Crippen molar-refractivity contribution in [3.8, 4) is 5.75 Å². The smallest absolute Gasteiger partial charge is 0.155 e. The number of aromatic nitrogens is 2. The highest BCUT2D eigenvalue weighted by Crippen LogP contribution is 2.09. The predicted octanol–water partition coefficient (Wildman–Crippen LogP) is 1.73. The molecule has 1 aliphatic rings. The Bertz CT molecular complexity index is 286. The van der Waals surface area contributed by atoms with Gasteiger partial charge >= 0.3 is 0 Å². The minimum atomic E-state index is 0.754. The number of nitrogens with zero attached hydrogens (tertiary/aromatic N) is 3. The predicted molar refractivity (Wildman–Crippen MR) is 62.4 cm³/mol. The monoisotopic (exact) mass is 221 g/mol. The van der Waals surface area contributed by atoms with Gasteiger partial charge in [-0.3, -0.25) is 0 Å². The van der Waals surface area contributed by atoms with E-state index in [1.54, 1.807) is 12.4 Å². The molecule has 4 nitrogen and oxygen atoms in total. The van der Waals surface area contributed by atoms with Crippen LogP contribution in [0.2, 0.25) is 0 Å².